The molecular weight excluding hydrogens is 306 g/mol. The topological polar surface area (TPSA) is 101 Å². The molecule has 0 unspecified atom stereocenters. The largest absolute Gasteiger partial charge is 0.444 e. The third-order valence-electron chi connectivity index (χ3n) is 2.94. The molecular formula is C14H17N3O4S. The van der Waals surface area contributed by atoms with Gasteiger partial charge in [-0.3, -0.25) is 9.52 Å². The Hall–Kier alpha value is -2.35. The van der Waals surface area contributed by atoms with Gasteiger partial charge in [0.15, 0.2) is 0 Å². The Morgan fingerprint density at radius 2 is 1.95 bits per heavy atom. The zero-order chi connectivity index (χ0) is 16.3. The molecule has 1 aromatic carbocycles. The molecule has 1 aromatic heterocycles. The number of nitrogens with zero attached hydrogens (tertiary/aromatic N) is 1. The van der Waals surface area contributed by atoms with Crippen LogP contribution in [-0.4, -0.2) is 25.6 Å². The Kier molecular flexibility index (Phi) is 4.51. The summed E-state index contributed by atoms with van der Waals surface area (Å²) in [6.45, 7) is 3.73. The minimum absolute atomic E-state index is 0.126. The van der Waals surface area contributed by atoms with Crippen LogP contribution in [0.3, 0.4) is 0 Å². The fourth-order valence-electron chi connectivity index (χ4n) is 1.84. The Morgan fingerprint density at radius 3 is 2.55 bits per heavy atom. The predicted octanol–water partition coefficient (Wildman–Crippen LogP) is 1.59. The number of anilines is 1. The first-order valence-electron chi connectivity index (χ1n) is 6.54. The van der Waals surface area contributed by atoms with E-state index in [0.29, 0.717) is 11.7 Å². The smallest absolute Gasteiger partial charge is 0.253 e. The van der Waals surface area contributed by atoms with E-state index in [4.69, 9.17) is 4.42 Å². The molecule has 7 nitrogen and oxygen atoms in total. The fraction of sp³-hybridized carbons (Fsp3) is 0.286. The first-order chi connectivity index (χ1) is 10.3. The molecule has 0 aliphatic rings. The van der Waals surface area contributed by atoms with Crippen molar-refractivity contribution in [1.29, 1.82) is 0 Å². The van der Waals surface area contributed by atoms with Crippen molar-refractivity contribution in [1.82, 2.24) is 10.3 Å². The Morgan fingerprint density at radius 1 is 1.27 bits per heavy atom. The van der Waals surface area contributed by atoms with Gasteiger partial charge < -0.3 is 9.73 Å². The molecule has 0 bridgehead atoms. The summed E-state index contributed by atoms with van der Waals surface area (Å²) in [6.07, 6.45) is 1.03. The number of sulfonamides is 1. The van der Waals surface area contributed by atoms with Crippen LogP contribution in [0.15, 0.2) is 28.7 Å². The lowest BCUT2D eigenvalue weighted by atomic mass is 10.1. The van der Waals surface area contributed by atoms with Crippen LogP contribution < -0.4 is 10.0 Å². The highest BCUT2D eigenvalue weighted by Gasteiger charge is 2.14. The van der Waals surface area contributed by atoms with E-state index >= 15 is 0 Å². The van der Waals surface area contributed by atoms with Gasteiger partial charge in [-0.05, 0) is 26.0 Å². The van der Waals surface area contributed by atoms with E-state index < -0.39 is 15.9 Å². The highest BCUT2D eigenvalue weighted by Crippen LogP contribution is 2.16. The molecule has 2 rings (SSSR count). The van der Waals surface area contributed by atoms with Gasteiger partial charge in [0.05, 0.1) is 29.7 Å². The van der Waals surface area contributed by atoms with Crippen molar-refractivity contribution < 1.29 is 17.6 Å². The molecule has 22 heavy (non-hydrogen) atoms. The average molecular weight is 323 g/mol. The number of benzene rings is 1. The van der Waals surface area contributed by atoms with Gasteiger partial charge in [-0.2, -0.15) is 0 Å². The summed E-state index contributed by atoms with van der Waals surface area (Å²) in [5.41, 5.74) is 1.22. The minimum atomic E-state index is -3.46. The summed E-state index contributed by atoms with van der Waals surface area (Å²) < 4.78 is 30.3. The highest BCUT2D eigenvalue weighted by molar-refractivity contribution is 7.92. The fourth-order valence-corrected chi connectivity index (χ4v) is 2.41. The maximum Gasteiger partial charge on any atom is 0.253 e. The molecule has 118 valence electrons. The summed E-state index contributed by atoms with van der Waals surface area (Å²) in [5.74, 6) is 0.681. The number of amides is 1. The zero-order valence-electron chi connectivity index (χ0n) is 12.5. The molecule has 1 amide bonds. The van der Waals surface area contributed by atoms with E-state index in [0.717, 1.165) is 11.9 Å². The van der Waals surface area contributed by atoms with Crippen molar-refractivity contribution in [2.45, 2.75) is 20.4 Å². The lowest BCUT2D eigenvalue weighted by molar-refractivity contribution is 0.0948. The van der Waals surface area contributed by atoms with E-state index in [1.54, 1.807) is 19.1 Å². The van der Waals surface area contributed by atoms with Gasteiger partial charge in [-0.1, -0.05) is 12.1 Å². The number of hydrogen-bond acceptors (Lipinski definition) is 5. The van der Waals surface area contributed by atoms with E-state index in [9.17, 15) is 13.2 Å². The number of nitrogens with one attached hydrogen (secondary N) is 2. The number of oxazole rings is 1. The summed E-state index contributed by atoms with van der Waals surface area (Å²) in [4.78, 5) is 16.4. The number of para-hydroxylation sites is 1. The van der Waals surface area contributed by atoms with Crippen LogP contribution in [0.2, 0.25) is 0 Å². The van der Waals surface area contributed by atoms with E-state index in [-0.39, 0.29) is 17.8 Å². The molecule has 2 aromatic rings. The molecule has 0 radical (unpaired) electrons. The molecule has 2 N–H and O–H groups in total. The van der Waals surface area contributed by atoms with Crippen LogP contribution in [0.1, 0.15) is 27.7 Å². The second-order valence-corrected chi connectivity index (χ2v) is 6.60. The second kappa shape index (κ2) is 6.18. The normalized spacial score (nSPS) is 11.2. The van der Waals surface area contributed by atoms with Gasteiger partial charge in [0.1, 0.15) is 5.76 Å². The second-order valence-electron chi connectivity index (χ2n) is 4.85. The molecule has 0 atom stereocenters. The van der Waals surface area contributed by atoms with Gasteiger partial charge >= 0.3 is 0 Å². The van der Waals surface area contributed by atoms with Gasteiger partial charge in [-0.25, -0.2) is 13.4 Å². The monoisotopic (exact) mass is 323 g/mol. The number of rotatable bonds is 5. The Balaban J connectivity index is 2.12. The van der Waals surface area contributed by atoms with E-state index in [1.807, 2.05) is 6.92 Å². The Bertz CT molecular complexity index is 777. The summed E-state index contributed by atoms with van der Waals surface area (Å²) in [6, 6.07) is 6.36. The molecule has 0 spiro atoms. The standard InChI is InChI=1S/C14H17N3O4S/c1-9-10(2)21-13(16-9)8-15-14(18)11-6-4-5-7-12(11)17-22(3,19)20/h4-7,17H,8H2,1-3H3,(H,15,18). The van der Waals surface area contributed by atoms with Crippen LogP contribution >= 0.6 is 0 Å². The van der Waals surface area contributed by atoms with Crippen LogP contribution in [0.25, 0.3) is 0 Å². The maximum atomic E-state index is 12.2. The summed E-state index contributed by atoms with van der Waals surface area (Å²) >= 11 is 0. The number of aryl methyl sites for hydroxylation is 2. The zero-order valence-corrected chi connectivity index (χ0v) is 13.3. The van der Waals surface area contributed by atoms with Crippen LogP contribution in [0.5, 0.6) is 0 Å². The van der Waals surface area contributed by atoms with Crippen molar-refractivity contribution in [2.24, 2.45) is 0 Å². The van der Waals surface area contributed by atoms with E-state index in [2.05, 4.69) is 15.0 Å². The van der Waals surface area contributed by atoms with Gasteiger partial charge in [0, 0.05) is 0 Å². The van der Waals surface area contributed by atoms with Gasteiger partial charge in [0.2, 0.25) is 15.9 Å². The number of carbonyl (C=O) groups excluding carboxylic acids is 1. The third kappa shape index (κ3) is 4.08. The lowest BCUT2D eigenvalue weighted by Crippen LogP contribution is -2.24. The number of aromatic nitrogens is 1. The first-order valence-corrected chi connectivity index (χ1v) is 8.43. The Labute approximate surface area is 128 Å². The average Bonchev–Trinajstić information content (AvgIpc) is 2.74. The molecule has 0 aliphatic carbocycles. The van der Waals surface area contributed by atoms with Gasteiger partial charge in [0.25, 0.3) is 5.91 Å². The third-order valence-corrected chi connectivity index (χ3v) is 3.53. The maximum absolute atomic E-state index is 12.2. The van der Waals surface area contributed by atoms with Crippen molar-refractivity contribution in [3.05, 3.63) is 47.2 Å². The van der Waals surface area contributed by atoms with Crippen molar-refractivity contribution in [3.63, 3.8) is 0 Å². The quantitative estimate of drug-likeness (QED) is 0.870. The van der Waals surface area contributed by atoms with Crippen molar-refractivity contribution in [3.8, 4) is 0 Å². The minimum Gasteiger partial charge on any atom is -0.444 e. The van der Waals surface area contributed by atoms with Crippen molar-refractivity contribution in [2.75, 3.05) is 11.0 Å². The van der Waals surface area contributed by atoms with Crippen molar-refractivity contribution >= 4 is 21.6 Å². The molecule has 0 saturated carbocycles. The highest BCUT2D eigenvalue weighted by atomic mass is 32.2. The number of hydrogen-bond donors (Lipinski definition) is 2. The lowest BCUT2D eigenvalue weighted by Gasteiger charge is -2.10. The molecule has 0 aliphatic heterocycles. The predicted molar refractivity (Wildman–Crippen MR) is 82.1 cm³/mol. The molecule has 0 fully saturated rings. The molecule has 0 saturated heterocycles. The summed E-state index contributed by atoms with van der Waals surface area (Å²) in [5, 5.41) is 2.65. The van der Waals surface area contributed by atoms with Gasteiger partial charge in [-0.15, -0.1) is 0 Å². The molecule has 8 heteroatoms. The van der Waals surface area contributed by atoms with Crippen LogP contribution in [-0.2, 0) is 16.6 Å². The number of carbonyl (C=O) groups is 1. The van der Waals surface area contributed by atoms with Crippen LogP contribution in [0, 0.1) is 13.8 Å². The van der Waals surface area contributed by atoms with Crippen LogP contribution in [0.4, 0.5) is 5.69 Å². The molecule has 1 heterocycles. The summed E-state index contributed by atoms with van der Waals surface area (Å²) in [7, 11) is -3.46. The SMILES string of the molecule is Cc1nc(CNC(=O)c2ccccc2NS(C)(=O)=O)oc1C. The first kappa shape index (κ1) is 16.0. The van der Waals surface area contributed by atoms with E-state index in [1.165, 1.54) is 12.1 Å².